The molecule has 0 bridgehead atoms. The third kappa shape index (κ3) is 4.54. The van der Waals surface area contributed by atoms with Crippen molar-refractivity contribution in [3.63, 3.8) is 0 Å². The molecule has 2 aromatic rings. The Morgan fingerprint density at radius 3 is 2.05 bits per heavy atom. The van der Waals surface area contributed by atoms with Gasteiger partial charge in [-0.2, -0.15) is 0 Å². The highest BCUT2D eigenvalue weighted by molar-refractivity contribution is 7.60. The van der Waals surface area contributed by atoms with E-state index < -0.39 is 7.52 Å². The topological polar surface area (TPSA) is 47.6 Å². The van der Waals surface area contributed by atoms with Gasteiger partial charge in [0, 0.05) is 12.4 Å². The van der Waals surface area contributed by atoms with Crippen LogP contribution in [0, 0.1) is 13.8 Å². The number of aryl methyl sites for hydroxylation is 2. The van der Waals surface area contributed by atoms with Crippen LogP contribution in [0.15, 0.2) is 42.5 Å². The second-order valence-electron chi connectivity index (χ2n) is 5.10. The van der Waals surface area contributed by atoms with Crippen molar-refractivity contribution in [2.75, 3.05) is 18.9 Å². The minimum Gasteiger partial charge on any atom is -0.497 e. The third-order valence-electron chi connectivity index (χ3n) is 2.90. The Bertz CT molecular complexity index is 647. The molecule has 2 aromatic carbocycles. The lowest BCUT2D eigenvalue weighted by molar-refractivity contribution is 0.415. The molecule has 0 radical (unpaired) electrons. The minimum absolute atomic E-state index is 0.611. The molecule has 2 rings (SSSR count). The smallest absolute Gasteiger partial charge is 0.338 e. The first-order valence-corrected chi connectivity index (χ1v) is 8.73. The lowest BCUT2D eigenvalue weighted by Crippen LogP contribution is -2.02. The standard InChI is InChI=1S/C16H20NO3P/c1-12-9-13(2)11-16(10-12)20-21(4,18)17-14-5-7-15(19-3)8-6-14/h5-11H,1-4H3,(H,17,18)/t21-/m0/s1. The molecular formula is C16H20NO3P. The number of benzene rings is 2. The zero-order chi connectivity index (χ0) is 15.5. The summed E-state index contributed by atoms with van der Waals surface area (Å²) in [6.45, 7) is 5.53. The molecule has 0 spiro atoms. The van der Waals surface area contributed by atoms with Crippen molar-refractivity contribution >= 4 is 13.2 Å². The maximum atomic E-state index is 12.6. The van der Waals surface area contributed by atoms with Crippen molar-refractivity contribution in [1.82, 2.24) is 0 Å². The van der Waals surface area contributed by atoms with Gasteiger partial charge in [-0.1, -0.05) is 6.07 Å². The first-order valence-electron chi connectivity index (χ1n) is 6.66. The summed E-state index contributed by atoms with van der Waals surface area (Å²) in [5.74, 6) is 1.36. The Labute approximate surface area is 125 Å². The van der Waals surface area contributed by atoms with Crippen molar-refractivity contribution in [1.29, 1.82) is 0 Å². The fourth-order valence-electron chi connectivity index (χ4n) is 2.11. The van der Waals surface area contributed by atoms with E-state index in [1.165, 1.54) is 0 Å². The van der Waals surface area contributed by atoms with Crippen LogP contribution in [-0.4, -0.2) is 13.8 Å². The first-order chi connectivity index (χ1) is 9.88. The largest absolute Gasteiger partial charge is 0.497 e. The summed E-state index contributed by atoms with van der Waals surface area (Å²) in [5, 5.41) is 2.93. The Morgan fingerprint density at radius 1 is 0.952 bits per heavy atom. The molecule has 0 saturated carbocycles. The molecule has 0 aliphatic carbocycles. The van der Waals surface area contributed by atoms with E-state index in [9.17, 15) is 4.57 Å². The van der Waals surface area contributed by atoms with Crippen LogP contribution in [-0.2, 0) is 4.57 Å². The van der Waals surface area contributed by atoms with Crippen molar-refractivity contribution in [3.05, 3.63) is 53.6 Å². The molecule has 21 heavy (non-hydrogen) atoms. The number of methoxy groups -OCH3 is 1. The molecule has 0 unspecified atom stereocenters. The van der Waals surface area contributed by atoms with Crippen molar-refractivity contribution in [2.24, 2.45) is 0 Å². The molecule has 0 aromatic heterocycles. The molecule has 0 aliphatic heterocycles. The van der Waals surface area contributed by atoms with Gasteiger partial charge in [-0.25, -0.2) is 0 Å². The summed E-state index contributed by atoms with van der Waals surface area (Å²) in [4.78, 5) is 0. The average molecular weight is 305 g/mol. The monoisotopic (exact) mass is 305 g/mol. The number of nitrogens with one attached hydrogen (secondary N) is 1. The molecule has 1 N–H and O–H groups in total. The van der Waals surface area contributed by atoms with E-state index in [2.05, 4.69) is 5.09 Å². The quantitative estimate of drug-likeness (QED) is 0.818. The van der Waals surface area contributed by atoms with Gasteiger partial charge in [0.1, 0.15) is 11.5 Å². The Hall–Kier alpha value is -1.93. The van der Waals surface area contributed by atoms with Crippen molar-refractivity contribution in [2.45, 2.75) is 13.8 Å². The highest BCUT2D eigenvalue weighted by Crippen LogP contribution is 2.43. The van der Waals surface area contributed by atoms with Gasteiger partial charge in [-0.3, -0.25) is 4.57 Å². The SMILES string of the molecule is COc1ccc(N[P@@](C)(=O)Oc2cc(C)cc(C)c2)cc1. The maximum absolute atomic E-state index is 12.6. The summed E-state index contributed by atoms with van der Waals surface area (Å²) in [7, 11) is -1.38. The van der Waals surface area contributed by atoms with E-state index in [0.29, 0.717) is 5.75 Å². The van der Waals surface area contributed by atoms with Gasteiger partial charge in [-0.05, 0) is 61.4 Å². The summed E-state index contributed by atoms with van der Waals surface area (Å²) >= 11 is 0. The highest BCUT2D eigenvalue weighted by atomic mass is 31.2. The fraction of sp³-hybridized carbons (Fsp3) is 0.250. The highest BCUT2D eigenvalue weighted by Gasteiger charge is 2.17. The van der Waals surface area contributed by atoms with Crippen LogP contribution in [0.2, 0.25) is 0 Å². The molecule has 0 aliphatic rings. The molecule has 4 nitrogen and oxygen atoms in total. The number of anilines is 1. The molecule has 0 heterocycles. The Balaban J connectivity index is 2.11. The molecule has 0 saturated heterocycles. The summed E-state index contributed by atoms with van der Waals surface area (Å²) in [6.07, 6.45) is 0. The van der Waals surface area contributed by atoms with E-state index in [1.54, 1.807) is 38.0 Å². The third-order valence-corrected chi connectivity index (χ3v) is 4.12. The van der Waals surface area contributed by atoms with Gasteiger partial charge >= 0.3 is 7.52 Å². The zero-order valence-electron chi connectivity index (χ0n) is 12.7. The summed E-state index contributed by atoms with van der Waals surface area (Å²) in [6, 6.07) is 13.0. The van der Waals surface area contributed by atoms with Gasteiger partial charge < -0.3 is 14.3 Å². The van der Waals surface area contributed by atoms with E-state index in [-0.39, 0.29) is 0 Å². The van der Waals surface area contributed by atoms with E-state index >= 15 is 0 Å². The molecule has 0 fully saturated rings. The van der Waals surface area contributed by atoms with Crippen molar-refractivity contribution in [3.8, 4) is 11.5 Å². The minimum atomic E-state index is -2.99. The average Bonchev–Trinajstić information content (AvgIpc) is 2.37. The lowest BCUT2D eigenvalue weighted by Gasteiger charge is -2.18. The molecule has 1 atom stereocenters. The summed E-state index contributed by atoms with van der Waals surface area (Å²) in [5.41, 5.74) is 2.88. The van der Waals surface area contributed by atoms with Crippen LogP contribution in [0.5, 0.6) is 11.5 Å². The second kappa shape index (κ2) is 6.23. The fourth-order valence-corrected chi connectivity index (χ4v) is 3.28. The molecule has 0 amide bonds. The lowest BCUT2D eigenvalue weighted by atomic mass is 10.1. The van der Waals surface area contributed by atoms with Crippen LogP contribution in [0.4, 0.5) is 5.69 Å². The van der Waals surface area contributed by atoms with Crippen LogP contribution < -0.4 is 14.3 Å². The second-order valence-corrected chi connectivity index (χ2v) is 7.20. The maximum Gasteiger partial charge on any atom is 0.338 e. The van der Waals surface area contributed by atoms with Gasteiger partial charge in [0.15, 0.2) is 0 Å². The predicted octanol–water partition coefficient (Wildman–Crippen LogP) is 4.63. The first kappa shape index (κ1) is 15.5. The van der Waals surface area contributed by atoms with E-state index in [1.807, 2.05) is 32.0 Å². The molecule has 112 valence electrons. The molecule has 5 heteroatoms. The number of hydrogen-bond donors (Lipinski definition) is 1. The van der Waals surface area contributed by atoms with Crippen molar-refractivity contribution < 1.29 is 13.8 Å². The predicted molar refractivity (Wildman–Crippen MR) is 86.7 cm³/mol. The van der Waals surface area contributed by atoms with E-state index in [4.69, 9.17) is 9.26 Å². The molecular weight excluding hydrogens is 285 g/mol. The van der Waals surface area contributed by atoms with Crippen LogP contribution >= 0.6 is 7.52 Å². The zero-order valence-corrected chi connectivity index (χ0v) is 13.6. The Morgan fingerprint density at radius 2 is 1.52 bits per heavy atom. The number of rotatable bonds is 5. The normalized spacial score (nSPS) is 13.3. The van der Waals surface area contributed by atoms with Gasteiger partial charge in [0.25, 0.3) is 0 Å². The van der Waals surface area contributed by atoms with Crippen LogP contribution in [0.3, 0.4) is 0 Å². The van der Waals surface area contributed by atoms with Gasteiger partial charge in [-0.15, -0.1) is 0 Å². The Kier molecular flexibility index (Phi) is 4.59. The summed E-state index contributed by atoms with van der Waals surface area (Å²) < 4.78 is 23.3. The van der Waals surface area contributed by atoms with E-state index in [0.717, 1.165) is 22.6 Å². The number of ether oxygens (including phenoxy) is 1. The van der Waals surface area contributed by atoms with Crippen LogP contribution in [0.25, 0.3) is 0 Å². The van der Waals surface area contributed by atoms with Gasteiger partial charge in [0.05, 0.1) is 7.11 Å². The number of hydrogen-bond acceptors (Lipinski definition) is 3. The van der Waals surface area contributed by atoms with Crippen LogP contribution in [0.1, 0.15) is 11.1 Å². The van der Waals surface area contributed by atoms with Gasteiger partial charge in [0.2, 0.25) is 0 Å².